The molecule has 3 aliphatic rings. The summed E-state index contributed by atoms with van der Waals surface area (Å²) in [6, 6.07) is 6.38. The van der Waals surface area contributed by atoms with Gasteiger partial charge in [-0.3, -0.25) is 4.90 Å². The summed E-state index contributed by atoms with van der Waals surface area (Å²) in [5.74, 6) is 0.587. The van der Waals surface area contributed by atoms with Gasteiger partial charge in [0.15, 0.2) is 0 Å². The number of rotatable bonds is 3. The summed E-state index contributed by atoms with van der Waals surface area (Å²) < 4.78 is 6.36. The Labute approximate surface area is 190 Å². The van der Waals surface area contributed by atoms with Crippen LogP contribution >= 0.6 is 11.3 Å². The van der Waals surface area contributed by atoms with Crippen LogP contribution in [0.15, 0.2) is 24.4 Å². The van der Waals surface area contributed by atoms with Crippen LogP contribution in [0.5, 0.6) is 0 Å². The number of thiophene rings is 1. The number of piperidine rings is 1. The number of nitrogens with zero attached hydrogens (tertiary/aromatic N) is 2. The van der Waals surface area contributed by atoms with Gasteiger partial charge in [0.2, 0.25) is 0 Å². The minimum Gasteiger partial charge on any atom is -0.393 e. The van der Waals surface area contributed by atoms with Gasteiger partial charge in [-0.05, 0) is 55.4 Å². The molecule has 4 heterocycles. The Bertz CT molecular complexity index is 822. The molecule has 0 unspecified atom stereocenters. The van der Waals surface area contributed by atoms with Crippen LogP contribution in [0.25, 0.3) is 0 Å². The number of aliphatic hydroxyl groups excluding tert-OH is 1. The fourth-order valence-corrected chi connectivity index (χ4v) is 6.18. The standard InChI is InChI=1S/C19H25N3OS.C6H12O/c1-2-15-11-16-17(24-15)5-10-23-19(16)6-8-22(9-7-19)13-14-3-4-18(20)21-12-14;7-6-4-2-1-3-5-6/h3-4,11-12H,2,5-10,13H2,1H3,(H2,20,21);6-7H,1-5H2. The van der Waals surface area contributed by atoms with Crippen molar-refractivity contribution in [3.05, 3.63) is 45.3 Å². The SMILES string of the molecule is CCc1cc2c(s1)CCOC21CCN(Cc2ccc(N)nc2)CC1.OC1CCCCC1. The third kappa shape index (κ3) is 5.67. The van der Waals surface area contributed by atoms with Crippen LogP contribution in [-0.4, -0.2) is 40.8 Å². The molecule has 0 radical (unpaired) electrons. The van der Waals surface area contributed by atoms with Crippen molar-refractivity contribution in [2.75, 3.05) is 25.4 Å². The molecule has 3 N–H and O–H groups in total. The summed E-state index contributed by atoms with van der Waals surface area (Å²) in [6.45, 7) is 6.20. The van der Waals surface area contributed by atoms with E-state index in [1.54, 1.807) is 4.88 Å². The number of fused-ring (bicyclic) bond motifs is 2. The minimum absolute atomic E-state index is 0.0344. The van der Waals surface area contributed by atoms with E-state index in [-0.39, 0.29) is 11.7 Å². The zero-order valence-corrected chi connectivity index (χ0v) is 19.6. The van der Waals surface area contributed by atoms with Crippen molar-refractivity contribution in [3.63, 3.8) is 0 Å². The second-order valence-electron chi connectivity index (χ2n) is 9.16. The monoisotopic (exact) mass is 443 g/mol. The van der Waals surface area contributed by atoms with E-state index in [0.29, 0.717) is 5.82 Å². The third-order valence-electron chi connectivity index (χ3n) is 6.90. The van der Waals surface area contributed by atoms with Gasteiger partial charge in [0.1, 0.15) is 5.82 Å². The molecular weight excluding hydrogens is 406 g/mol. The number of hydrogen-bond donors (Lipinski definition) is 2. The molecule has 6 heteroatoms. The first kappa shape index (κ1) is 22.7. The summed E-state index contributed by atoms with van der Waals surface area (Å²) in [6.07, 6.45) is 12.2. The van der Waals surface area contributed by atoms with Crippen LogP contribution in [0.4, 0.5) is 5.82 Å². The van der Waals surface area contributed by atoms with Gasteiger partial charge in [0.25, 0.3) is 0 Å². The molecule has 0 bridgehead atoms. The normalized spacial score (nSPS) is 21.4. The Morgan fingerprint density at radius 2 is 2.00 bits per heavy atom. The maximum Gasteiger partial charge on any atom is 0.123 e. The number of aryl methyl sites for hydroxylation is 1. The summed E-state index contributed by atoms with van der Waals surface area (Å²) >= 11 is 1.99. The number of nitrogen functional groups attached to an aromatic ring is 1. The number of aromatic nitrogens is 1. The molecule has 0 atom stereocenters. The summed E-state index contributed by atoms with van der Waals surface area (Å²) in [5.41, 5.74) is 8.36. The highest BCUT2D eigenvalue weighted by molar-refractivity contribution is 7.12. The van der Waals surface area contributed by atoms with E-state index < -0.39 is 0 Å². The van der Waals surface area contributed by atoms with Crippen molar-refractivity contribution < 1.29 is 9.84 Å². The van der Waals surface area contributed by atoms with Crippen LogP contribution < -0.4 is 5.73 Å². The van der Waals surface area contributed by atoms with Gasteiger partial charge in [0.05, 0.1) is 18.3 Å². The maximum absolute atomic E-state index is 8.91. The Balaban J connectivity index is 0.000000282. The lowest BCUT2D eigenvalue weighted by Crippen LogP contribution is -2.45. The number of hydrogen-bond acceptors (Lipinski definition) is 6. The van der Waals surface area contributed by atoms with Crippen molar-refractivity contribution in [1.29, 1.82) is 0 Å². The smallest absolute Gasteiger partial charge is 0.123 e. The van der Waals surface area contributed by atoms with Crippen LogP contribution in [-0.2, 0) is 29.7 Å². The highest BCUT2D eigenvalue weighted by Gasteiger charge is 2.41. The fraction of sp³-hybridized carbons (Fsp3) is 0.640. The molecule has 5 nitrogen and oxygen atoms in total. The lowest BCUT2D eigenvalue weighted by molar-refractivity contribution is -0.0981. The number of aliphatic hydroxyl groups is 1. The van der Waals surface area contributed by atoms with Gasteiger partial charge >= 0.3 is 0 Å². The second kappa shape index (κ2) is 10.4. The molecule has 2 aromatic rings. The van der Waals surface area contributed by atoms with E-state index in [1.165, 1.54) is 35.3 Å². The topological polar surface area (TPSA) is 71.6 Å². The molecule has 31 heavy (non-hydrogen) atoms. The average Bonchev–Trinajstić information content (AvgIpc) is 3.23. The lowest BCUT2D eigenvalue weighted by atomic mass is 9.82. The van der Waals surface area contributed by atoms with Gasteiger partial charge < -0.3 is 15.6 Å². The van der Waals surface area contributed by atoms with E-state index in [4.69, 9.17) is 15.6 Å². The molecule has 2 fully saturated rings. The van der Waals surface area contributed by atoms with Crippen LogP contribution in [0.1, 0.15) is 72.8 Å². The van der Waals surface area contributed by atoms with E-state index in [0.717, 1.165) is 64.8 Å². The number of pyridine rings is 1. The fourth-order valence-electron chi connectivity index (χ4n) is 5.00. The summed E-state index contributed by atoms with van der Waals surface area (Å²) in [7, 11) is 0. The van der Waals surface area contributed by atoms with E-state index in [1.807, 2.05) is 23.6 Å². The van der Waals surface area contributed by atoms with Crippen LogP contribution in [0, 0.1) is 0 Å². The Morgan fingerprint density at radius 1 is 1.23 bits per heavy atom. The predicted octanol–water partition coefficient (Wildman–Crippen LogP) is 4.66. The largest absolute Gasteiger partial charge is 0.393 e. The molecule has 0 amide bonds. The minimum atomic E-state index is -0.0344. The number of likely N-dealkylation sites (tertiary alicyclic amines) is 1. The maximum atomic E-state index is 8.91. The Hall–Kier alpha value is -1.47. The zero-order valence-electron chi connectivity index (χ0n) is 18.8. The van der Waals surface area contributed by atoms with Crippen molar-refractivity contribution >= 4 is 17.2 Å². The first-order valence-electron chi connectivity index (χ1n) is 11.9. The molecule has 1 aliphatic carbocycles. The quantitative estimate of drug-likeness (QED) is 0.722. The number of anilines is 1. The Morgan fingerprint density at radius 3 is 2.61 bits per heavy atom. The lowest BCUT2D eigenvalue weighted by Gasteiger charge is -2.44. The predicted molar refractivity (Wildman–Crippen MR) is 127 cm³/mol. The van der Waals surface area contributed by atoms with Gasteiger partial charge in [-0.25, -0.2) is 4.98 Å². The van der Waals surface area contributed by atoms with Crippen molar-refractivity contribution in [1.82, 2.24) is 9.88 Å². The highest BCUT2D eigenvalue weighted by Crippen LogP contribution is 2.44. The van der Waals surface area contributed by atoms with Crippen molar-refractivity contribution in [2.24, 2.45) is 0 Å². The van der Waals surface area contributed by atoms with Crippen LogP contribution in [0.3, 0.4) is 0 Å². The molecule has 5 rings (SSSR count). The molecular formula is C25H37N3O2S. The van der Waals surface area contributed by atoms with Crippen molar-refractivity contribution in [3.8, 4) is 0 Å². The molecule has 2 aromatic heterocycles. The van der Waals surface area contributed by atoms with Gasteiger partial charge in [0, 0.05) is 42.0 Å². The molecule has 1 spiro atoms. The zero-order chi connectivity index (χ0) is 21.7. The van der Waals surface area contributed by atoms with E-state index >= 15 is 0 Å². The summed E-state index contributed by atoms with van der Waals surface area (Å²) in [4.78, 5) is 9.77. The van der Waals surface area contributed by atoms with Gasteiger partial charge in [-0.2, -0.15) is 0 Å². The molecule has 1 saturated carbocycles. The molecule has 2 aliphatic heterocycles. The average molecular weight is 444 g/mol. The van der Waals surface area contributed by atoms with E-state index in [9.17, 15) is 0 Å². The first-order chi connectivity index (χ1) is 15.1. The third-order valence-corrected chi connectivity index (χ3v) is 8.24. The Kier molecular flexibility index (Phi) is 7.64. The van der Waals surface area contributed by atoms with Gasteiger partial charge in [-0.1, -0.05) is 32.3 Å². The van der Waals surface area contributed by atoms with Crippen LogP contribution in [0.2, 0.25) is 0 Å². The van der Waals surface area contributed by atoms with Crippen molar-refractivity contribution in [2.45, 2.75) is 83.0 Å². The summed E-state index contributed by atoms with van der Waals surface area (Å²) in [5, 5.41) is 8.91. The number of nitrogens with two attached hydrogens (primary N) is 1. The van der Waals surface area contributed by atoms with Gasteiger partial charge in [-0.15, -0.1) is 11.3 Å². The molecule has 170 valence electrons. The molecule has 1 saturated heterocycles. The number of ether oxygens (including phenoxy) is 1. The second-order valence-corrected chi connectivity index (χ2v) is 10.4. The van der Waals surface area contributed by atoms with E-state index in [2.05, 4.69) is 28.9 Å². The molecule has 0 aromatic carbocycles. The highest BCUT2D eigenvalue weighted by atomic mass is 32.1. The first-order valence-corrected chi connectivity index (χ1v) is 12.8.